The Kier molecular flexibility index (Phi) is 5.43. The van der Waals surface area contributed by atoms with Crippen molar-refractivity contribution in [3.63, 3.8) is 0 Å². The van der Waals surface area contributed by atoms with Crippen LogP contribution in [-0.4, -0.2) is 45.9 Å². The maximum Gasteiger partial charge on any atom is 0.200 e. The highest BCUT2D eigenvalue weighted by Gasteiger charge is 2.27. The number of rotatable bonds is 7. The number of nitrogens with zero attached hydrogens (tertiary/aromatic N) is 5. The summed E-state index contributed by atoms with van der Waals surface area (Å²) in [4.78, 5) is 11.5. The van der Waals surface area contributed by atoms with Gasteiger partial charge in [-0.3, -0.25) is 0 Å². The lowest BCUT2D eigenvalue weighted by Crippen LogP contribution is -2.26. The summed E-state index contributed by atoms with van der Waals surface area (Å²) in [5.41, 5.74) is 0.854. The molecule has 1 fully saturated rings. The second-order valence-corrected chi connectivity index (χ2v) is 7.98. The Labute approximate surface area is 148 Å². The third kappa shape index (κ3) is 3.91. The second-order valence-electron chi connectivity index (χ2n) is 6.99. The maximum absolute atomic E-state index is 4.81. The van der Waals surface area contributed by atoms with E-state index in [2.05, 4.69) is 22.8 Å². The highest BCUT2D eigenvalue weighted by atomic mass is 32.2. The third-order valence-electron chi connectivity index (χ3n) is 4.60. The average molecular weight is 346 g/mol. The van der Waals surface area contributed by atoms with Crippen LogP contribution >= 0.6 is 11.8 Å². The van der Waals surface area contributed by atoms with Gasteiger partial charge < -0.3 is 4.90 Å². The van der Waals surface area contributed by atoms with Gasteiger partial charge in [-0.25, -0.2) is 14.6 Å². The van der Waals surface area contributed by atoms with Crippen molar-refractivity contribution in [2.24, 2.45) is 11.8 Å². The molecule has 1 aliphatic rings. The lowest BCUT2D eigenvalue weighted by atomic mass is 9.76. The van der Waals surface area contributed by atoms with Crippen LogP contribution in [0.4, 0.5) is 5.82 Å². The first-order chi connectivity index (χ1) is 11.6. The summed E-state index contributed by atoms with van der Waals surface area (Å²) in [6, 6.07) is 6.02. The molecule has 2 aromatic rings. The Morgan fingerprint density at radius 3 is 2.71 bits per heavy atom. The molecule has 0 N–H and O–H groups in total. The van der Waals surface area contributed by atoms with Crippen LogP contribution in [0.3, 0.4) is 0 Å². The molecule has 0 amide bonds. The van der Waals surface area contributed by atoms with Gasteiger partial charge in [-0.05, 0) is 43.1 Å². The van der Waals surface area contributed by atoms with Gasteiger partial charge in [-0.15, -0.1) is 5.10 Å². The van der Waals surface area contributed by atoms with E-state index in [9.17, 15) is 0 Å². The van der Waals surface area contributed by atoms with Crippen molar-refractivity contribution in [2.45, 2.75) is 32.7 Å². The fourth-order valence-corrected chi connectivity index (χ4v) is 3.65. The molecule has 0 spiro atoms. The van der Waals surface area contributed by atoms with Crippen molar-refractivity contribution >= 4 is 17.6 Å². The van der Waals surface area contributed by atoms with Crippen molar-refractivity contribution in [3.8, 4) is 11.5 Å². The van der Waals surface area contributed by atoms with Crippen LogP contribution in [0.5, 0.6) is 0 Å². The number of thioether (sulfide) groups is 1. The number of aryl methyl sites for hydroxylation is 1. The van der Waals surface area contributed by atoms with Crippen LogP contribution in [0.15, 0.2) is 18.2 Å². The van der Waals surface area contributed by atoms with E-state index in [1.165, 1.54) is 12.8 Å². The number of pyridine rings is 1. The topological polar surface area (TPSA) is 46.8 Å². The number of anilines is 1. The summed E-state index contributed by atoms with van der Waals surface area (Å²) in [6.45, 7) is 3.32. The monoisotopic (exact) mass is 345 g/mol. The molecule has 0 atom stereocenters. The number of aromatic nitrogens is 4. The first-order valence-corrected chi connectivity index (χ1v) is 10.0. The molecular weight excluding hydrogens is 318 g/mol. The first kappa shape index (κ1) is 17.3. The van der Waals surface area contributed by atoms with Gasteiger partial charge >= 0.3 is 0 Å². The minimum atomic E-state index is 0.752. The van der Waals surface area contributed by atoms with Gasteiger partial charge in [0.1, 0.15) is 17.3 Å². The molecule has 1 saturated carbocycles. The largest absolute Gasteiger partial charge is 0.363 e. The predicted molar refractivity (Wildman–Crippen MR) is 102 cm³/mol. The summed E-state index contributed by atoms with van der Waals surface area (Å²) < 4.78 is 2.13. The fraction of sp³-hybridized carbons (Fsp3) is 0.611. The van der Waals surface area contributed by atoms with E-state index < -0.39 is 0 Å². The van der Waals surface area contributed by atoms with Gasteiger partial charge in [0.2, 0.25) is 0 Å². The van der Waals surface area contributed by atoms with E-state index in [0.29, 0.717) is 0 Å². The summed E-state index contributed by atoms with van der Waals surface area (Å²) in [6.07, 6.45) is 5.72. The minimum Gasteiger partial charge on any atom is -0.363 e. The maximum atomic E-state index is 4.81. The molecule has 0 unspecified atom stereocenters. The van der Waals surface area contributed by atoms with Crippen molar-refractivity contribution < 1.29 is 0 Å². The SMILES string of the molecule is CSCCc1nc(-c2cccc(N(C)C)n2)nn1CC1CC(C)C1. The fourth-order valence-electron chi connectivity index (χ4n) is 3.27. The van der Waals surface area contributed by atoms with Crippen molar-refractivity contribution in [1.82, 2.24) is 19.7 Å². The van der Waals surface area contributed by atoms with Crippen LogP contribution < -0.4 is 4.90 Å². The van der Waals surface area contributed by atoms with Crippen LogP contribution in [0.25, 0.3) is 11.5 Å². The molecule has 0 aliphatic heterocycles. The van der Waals surface area contributed by atoms with Gasteiger partial charge in [0.25, 0.3) is 0 Å². The lowest BCUT2D eigenvalue weighted by Gasteiger charge is -2.32. The van der Waals surface area contributed by atoms with Gasteiger partial charge in [0, 0.05) is 32.8 Å². The van der Waals surface area contributed by atoms with Crippen molar-refractivity contribution in [2.75, 3.05) is 31.0 Å². The molecule has 5 nitrogen and oxygen atoms in total. The average Bonchev–Trinajstić information content (AvgIpc) is 2.94. The highest BCUT2D eigenvalue weighted by molar-refractivity contribution is 7.98. The first-order valence-electron chi connectivity index (χ1n) is 8.64. The molecule has 6 heteroatoms. The number of hydrogen-bond acceptors (Lipinski definition) is 5. The third-order valence-corrected chi connectivity index (χ3v) is 5.21. The number of hydrogen-bond donors (Lipinski definition) is 0. The van der Waals surface area contributed by atoms with Crippen LogP contribution in [-0.2, 0) is 13.0 Å². The Morgan fingerprint density at radius 2 is 2.04 bits per heavy atom. The summed E-state index contributed by atoms with van der Waals surface area (Å²) in [5, 5.41) is 4.80. The highest BCUT2D eigenvalue weighted by Crippen LogP contribution is 2.34. The molecule has 0 aromatic carbocycles. The van der Waals surface area contributed by atoms with Gasteiger partial charge in [0.05, 0.1) is 0 Å². The zero-order valence-corrected chi connectivity index (χ0v) is 15.9. The Hall–Kier alpha value is -1.56. The Bertz CT molecular complexity index is 676. The lowest BCUT2D eigenvalue weighted by molar-refractivity contribution is 0.180. The minimum absolute atomic E-state index is 0.752. The quantitative estimate of drug-likeness (QED) is 0.770. The molecule has 2 aromatic heterocycles. The van der Waals surface area contributed by atoms with E-state index >= 15 is 0 Å². The Balaban J connectivity index is 1.85. The van der Waals surface area contributed by atoms with Gasteiger partial charge in [-0.2, -0.15) is 11.8 Å². The van der Waals surface area contributed by atoms with E-state index in [1.54, 1.807) is 0 Å². The van der Waals surface area contributed by atoms with E-state index in [-0.39, 0.29) is 0 Å². The predicted octanol–water partition coefficient (Wildman–Crippen LogP) is 3.36. The standard InChI is InChI=1S/C18H27N5S/c1-13-10-14(11-13)12-23-17(8-9-24-4)20-18(21-23)15-6-5-7-16(19-15)22(2)3/h5-7,13-14H,8-12H2,1-4H3. The van der Waals surface area contributed by atoms with Gasteiger partial charge in [0.15, 0.2) is 5.82 Å². The van der Waals surface area contributed by atoms with Crippen molar-refractivity contribution in [1.29, 1.82) is 0 Å². The molecule has 0 radical (unpaired) electrons. The molecule has 0 bridgehead atoms. The molecule has 130 valence electrons. The smallest absolute Gasteiger partial charge is 0.200 e. The zero-order chi connectivity index (χ0) is 17.1. The molecule has 1 aliphatic carbocycles. The van der Waals surface area contributed by atoms with E-state index in [0.717, 1.165) is 53.7 Å². The molecular formula is C18H27N5S. The second kappa shape index (κ2) is 7.55. The normalized spacial score (nSPS) is 20.0. The van der Waals surface area contributed by atoms with Crippen LogP contribution in [0.1, 0.15) is 25.6 Å². The molecule has 24 heavy (non-hydrogen) atoms. The Morgan fingerprint density at radius 1 is 1.25 bits per heavy atom. The summed E-state index contributed by atoms with van der Waals surface area (Å²) in [5.74, 6) is 5.47. The molecule has 3 rings (SSSR count). The van der Waals surface area contributed by atoms with Gasteiger partial charge in [-0.1, -0.05) is 13.0 Å². The van der Waals surface area contributed by atoms with E-state index in [1.807, 2.05) is 49.0 Å². The van der Waals surface area contributed by atoms with Crippen LogP contribution in [0, 0.1) is 11.8 Å². The van der Waals surface area contributed by atoms with E-state index in [4.69, 9.17) is 10.1 Å². The summed E-state index contributed by atoms with van der Waals surface area (Å²) >= 11 is 1.85. The molecule has 2 heterocycles. The summed E-state index contributed by atoms with van der Waals surface area (Å²) in [7, 11) is 4.00. The molecule has 0 saturated heterocycles. The zero-order valence-electron chi connectivity index (χ0n) is 15.1. The van der Waals surface area contributed by atoms with Crippen LogP contribution in [0.2, 0.25) is 0 Å². The van der Waals surface area contributed by atoms with Crippen molar-refractivity contribution in [3.05, 3.63) is 24.0 Å².